The zero-order valence-corrected chi connectivity index (χ0v) is 42.9. The summed E-state index contributed by atoms with van der Waals surface area (Å²) in [6, 6.07) is 39.1. The van der Waals surface area contributed by atoms with E-state index in [2.05, 4.69) is 31.9 Å². The number of aryl methyl sites for hydroxylation is 2. The van der Waals surface area contributed by atoms with Crippen LogP contribution >= 0.6 is 11.3 Å². The molecule has 0 spiro atoms. The van der Waals surface area contributed by atoms with E-state index in [-0.39, 0.29) is 19.3 Å². The number of hydrogen-bond acceptors (Lipinski definition) is 10. The van der Waals surface area contributed by atoms with Crippen LogP contribution in [0, 0.1) is 6.92 Å². The third-order valence-electron chi connectivity index (χ3n) is 12.4. The normalized spacial score (nSPS) is 13.7. The van der Waals surface area contributed by atoms with Gasteiger partial charge in [-0.3, -0.25) is 33.6 Å². The Labute approximate surface area is 440 Å². The van der Waals surface area contributed by atoms with Gasteiger partial charge < -0.3 is 41.7 Å². The number of esters is 1. The minimum atomic E-state index is -1.56. The van der Waals surface area contributed by atoms with Gasteiger partial charge in [-0.25, -0.2) is 4.79 Å². The maximum absolute atomic E-state index is 14.9. The molecule has 6 amide bonds. The van der Waals surface area contributed by atoms with Gasteiger partial charge in [0, 0.05) is 36.2 Å². The second-order valence-corrected chi connectivity index (χ2v) is 19.3. The highest BCUT2D eigenvalue weighted by Gasteiger charge is 2.36. The van der Waals surface area contributed by atoms with Gasteiger partial charge in [-0.05, 0) is 78.1 Å². The number of carboxylic acids is 1. The quantitative estimate of drug-likeness (QED) is 0.0310. The van der Waals surface area contributed by atoms with E-state index in [4.69, 9.17) is 4.74 Å². The summed E-state index contributed by atoms with van der Waals surface area (Å²) in [6.45, 7) is 6.13. The smallest absolute Gasteiger partial charge is 0.326 e. The van der Waals surface area contributed by atoms with Gasteiger partial charge in [0.25, 0.3) is 5.91 Å². The summed E-state index contributed by atoms with van der Waals surface area (Å²) in [5.41, 5.74) is 5.40. The highest BCUT2D eigenvalue weighted by molar-refractivity contribution is 7.09. The van der Waals surface area contributed by atoms with Crippen LogP contribution in [0.4, 0.5) is 5.69 Å². The molecule has 0 saturated carbocycles. The number of carboxylic acid groups (broad SMARTS) is 1. The van der Waals surface area contributed by atoms with Crippen molar-refractivity contribution >= 4 is 64.4 Å². The summed E-state index contributed by atoms with van der Waals surface area (Å²) in [7, 11) is 0. The molecule has 0 aliphatic heterocycles. The van der Waals surface area contributed by atoms with Crippen molar-refractivity contribution in [2.24, 2.45) is 0 Å². The SMILES string of the molecule is CC(=O)OC(CC(=O)NC(Cc1cccs1)C(=O)NC(C(=O)NC(CCc1ccccc1)C(=O)NC(C)C(=O)NC(Cc1ccccc1)C(=O)O)C(C)c1ccc(-c2ccccc2)cc1)C(=O)Nc1ccc(C)cc1. The summed E-state index contributed by atoms with van der Waals surface area (Å²) in [6.07, 6.45) is -1.85. The second-order valence-electron chi connectivity index (χ2n) is 18.2. The van der Waals surface area contributed by atoms with Crippen molar-refractivity contribution in [2.75, 3.05) is 5.32 Å². The van der Waals surface area contributed by atoms with Crippen LogP contribution in [-0.4, -0.2) is 88.8 Å². The highest BCUT2D eigenvalue weighted by atomic mass is 32.1. The van der Waals surface area contributed by atoms with Crippen molar-refractivity contribution in [3.8, 4) is 11.1 Å². The number of benzene rings is 5. The van der Waals surface area contributed by atoms with Gasteiger partial charge in [-0.2, -0.15) is 0 Å². The number of anilines is 1. The number of rotatable bonds is 25. The Hall–Kier alpha value is -8.44. The van der Waals surface area contributed by atoms with Crippen LogP contribution in [0.5, 0.6) is 0 Å². The van der Waals surface area contributed by atoms with Gasteiger partial charge >= 0.3 is 11.9 Å². The molecule has 1 aromatic heterocycles. The molecule has 1 heterocycles. The molecule has 7 atom stereocenters. The maximum Gasteiger partial charge on any atom is 0.326 e. The zero-order chi connectivity index (χ0) is 53.9. The van der Waals surface area contributed by atoms with Gasteiger partial charge in [-0.1, -0.05) is 146 Å². The Morgan fingerprint density at radius 2 is 1.15 bits per heavy atom. The third kappa shape index (κ3) is 17.3. The molecule has 75 heavy (non-hydrogen) atoms. The Morgan fingerprint density at radius 1 is 0.560 bits per heavy atom. The van der Waals surface area contributed by atoms with Crippen LogP contribution in [-0.2, 0) is 62.4 Å². The second kappa shape index (κ2) is 27.6. The van der Waals surface area contributed by atoms with Gasteiger partial charge in [0.2, 0.25) is 29.5 Å². The molecule has 0 saturated heterocycles. The Kier molecular flexibility index (Phi) is 20.5. The van der Waals surface area contributed by atoms with E-state index in [0.29, 0.717) is 28.1 Å². The number of aliphatic carboxylic acids is 1. The van der Waals surface area contributed by atoms with Gasteiger partial charge in [-0.15, -0.1) is 11.3 Å². The number of carbonyl (C=O) groups is 8. The molecule has 0 aliphatic carbocycles. The lowest BCUT2D eigenvalue weighted by molar-refractivity contribution is -0.153. The third-order valence-corrected chi connectivity index (χ3v) is 13.3. The molecule has 6 rings (SSSR count). The molecular weight excluding hydrogens is 973 g/mol. The first-order valence-electron chi connectivity index (χ1n) is 24.6. The number of thiophene rings is 1. The van der Waals surface area contributed by atoms with Crippen LogP contribution in [0.25, 0.3) is 11.1 Å². The van der Waals surface area contributed by atoms with Crippen molar-refractivity contribution in [3.63, 3.8) is 0 Å². The van der Waals surface area contributed by atoms with Crippen molar-refractivity contribution in [1.82, 2.24) is 26.6 Å². The predicted octanol–water partition coefficient (Wildman–Crippen LogP) is 6.43. The molecule has 0 bridgehead atoms. The lowest BCUT2D eigenvalue weighted by Gasteiger charge is -2.29. The van der Waals surface area contributed by atoms with Crippen molar-refractivity contribution in [1.29, 1.82) is 0 Å². The van der Waals surface area contributed by atoms with E-state index in [1.54, 1.807) is 79.0 Å². The average Bonchev–Trinajstić information content (AvgIpc) is 3.92. The van der Waals surface area contributed by atoms with Gasteiger partial charge in [0.05, 0.1) is 6.42 Å². The van der Waals surface area contributed by atoms with Crippen LogP contribution in [0.3, 0.4) is 0 Å². The summed E-state index contributed by atoms with van der Waals surface area (Å²) in [5.74, 6) is -7.41. The Morgan fingerprint density at radius 3 is 1.75 bits per heavy atom. The molecule has 7 N–H and O–H groups in total. The highest BCUT2D eigenvalue weighted by Crippen LogP contribution is 2.26. The summed E-state index contributed by atoms with van der Waals surface area (Å²) >= 11 is 1.33. The number of carbonyl (C=O) groups excluding carboxylic acids is 7. The minimum absolute atomic E-state index is 0.00301. The topological polar surface area (TPSA) is 238 Å². The minimum Gasteiger partial charge on any atom is -0.480 e. The predicted molar refractivity (Wildman–Crippen MR) is 286 cm³/mol. The van der Waals surface area contributed by atoms with E-state index in [9.17, 15) is 43.5 Å². The molecule has 390 valence electrons. The Balaban J connectivity index is 1.26. The molecule has 0 aliphatic rings. The lowest BCUT2D eigenvalue weighted by Crippen LogP contribution is -2.59. The fourth-order valence-electron chi connectivity index (χ4n) is 8.19. The Bertz CT molecular complexity index is 2870. The van der Waals surface area contributed by atoms with Gasteiger partial charge in [0.1, 0.15) is 30.2 Å². The van der Waals surface area contributed by atoms with Crippen LogP contribution in [0.15, 0.2) is 157 Å². The molecular formula is C58H62N6O10S. The van der Waals surface area contributed by atoms with E-state index in [1.165, 1.54) is 18.3 Å². The number of hydrogen-bond donors (Lipinski definition) is 7. The lowest BCUT2D eigenvalue weighted by atomic mass is 9.90. The number of nitrogens with one attached hydrogen (secondary N) is 6. The van der Waals surface area contributed by atoms with Crippen LogP contribution in [0.1, 0.15) is 66.7 Å². The van der Waals surface area contributed by atoms with Crippen LogP contribution < -0.4 is 31.9 Å². The first-order valence-corrected chi connectivity index (χ1v) is 25.4. The summed E-state index contributed by atoms with van der Waals surface area (Å²) in [5, 5.41) is 28.0. The largest absolute Gasteiger partial charge is 0.480 e. The fraction of sp³-hybridized carbons (Fsp3) is 0.276. The average molecular weight is 1040 g/mol. The first-order chi connectivity index (χ1) is 36.0. The van der Waals surface area contributed by atoms with E-state index in [0.717, 1.165) is 29.2 Å². The summed E-state index contributed by atoms with van der Waals surface area (Å²) < 4.78 is 5.29. The number of amides is 6. The maximum atomic E-state index is 14.9. The molecule has 16 nitrogen and oxygen atoms in total. The van der Waals surface area contributed by atoms with E-state index in [1.807, 2.05) is 91.9 Å². The zero-order valence-electron chi connectivity index (χ0n) is 42.1. The standard InChI is InChI=1S/C58H62N6O10S/c1-36-22-29-45(30-23-36)60-56(70)50(74-39(4)65)35-51(66)61-48(34-46-21-14-32-75-46)55(69)64-52(37(2)42-25-27-44(28-26-42)43-19-12-7-13-20-43)57(71)62-47(31-24-40-15-8-5-9-16-40)54(68)59-38(3)53(67)63-49(58(72)73)33-41-17-10-6-11-18-41/h5-23,25-30,32,37-38,47-50,52H,24,31,33-35H2,1-4H3,(H,59,68)(H,60,70)(H,61,66)(H,62,71)(H,63,67)(H,64,69)(H,72,73). The monoisotopic (exact) mass is 1030 g/mol. The molecule has 6 aromatic rings. The molecule has 5 aromatic carbocycles. The molecule has 17 heteroatoms. The van der Waals surface area contributed by atoms with Crippen LogP contribution in [0.2, 0.25) is 0 Å². The van der Waals surface area contributed by atoms with Crippen molar-refractivity contribution in [3.05, 3.63) is 184 Å². The van der Waals surface area contributed by atoms with E-state index < -0.39 is 96.0 Å². The molecule has 7 unspecified atom stereocenters. The molecule has 0 radical (unpaired) electrons. The van der Waals surface area contributed by atoms with E-state index >= 15 is 0 Å². The summed E-state index contributed by atoms with van der Waals surface area (Å²) in [4.78, 5) is 110. The molecule has 0 fully saturated rings. The number of ether oxygens (including phenoxy) is 1. The first kappa shape index (κ1) is 55.9. The van der Waals surface area contributed by atoms with Crippen molar-refractivity contribution in [2.45, 2.75) is 102 Å². The van der Waals surface area contributed by atoms with Gasteiger partial charge in [0.15, 0.2) is 6.10 Å². The fourth-order valence-corrected chi connectivity index (χ4v) is 8.95. The van der Waals surface area contributed by atoms with Crippen molar-refractivity contribution < 1.29 is 48.2 Å².